The van der Waals surface area contributed by atoms with Gasteiger partial charge in [0.15, 0.2) is 18.1 Å². The summed E-state index contributed by atoms with van der Waals surface area (Å²) in [6.45, 7) is -0.150. The van der Waals surface area contributed by atoms with Gasteiger partial charge in [-0.05, 0) is 121 Å². The van der Waals surface area contributed by atoms with E-state index in [0.717, 1.165) is 29.1 Å². The second-order valence-corrected chi connectivity index (χ2v) is 12.7. The lowest BCUT2D eigenvalue weighted by Crippen LogP contribution is -2.48. The van der Waals surface area contributed by atoms with Crippen molar-refractivity contribution in [2.75, 3.05) is 38.0 Å². The number of hydrazone groups is 1. The molecule has 4 aliphatic rings. The van der Waals surface area contributed by atoms with E-state index >= 15 is 0 Å². The Labute approximate surface area is 253 Å². The number of rotatable bonds is 10. The molecule has 0 spiro atoms. The Morgan fingerprint density at radius 3 is 2.28 bits per heavy atom. The van der Waals surface area contributed by atoms with Gasteiger partial charge in [0, 0.05) is 31.0 Å². The van der Waals surface area contributed by atoms with Crippen LogP contribution >= 0.6 is 0 Å². The second-order valence-electron chi connectivity index (χ2n) is 12.7. The van der Waals surface area contributed by atoms with Crippen LogP contribution in [0, 0.1) is 17.8 Å². The molecule has 0 aliphatic heterocycles. The average molecular weight is 581 g/mol. The minimum absolute atomic E-state index is 0.150. The van der Waals surface area contributed by atoms with Crippen LogP contribution in [0.1, 0.15) is 60.0 Å². The summed E-state index contributed by atoms with van der Waals surface area (Å²) < 4.78 is 11.3. The number of nitrogens with zero attached hydrogens (tertiary/aromatic N) is 2. The molecule has 4 saturated carbocycles. The normalized spacial score (nSPS) is 23.7. The van der Waals surface area contributed by atoms with Gasteiger partial charge in [-0.15, -0.1) is 0 Å². The number of anilines is 2. The first kappa shape index (κ1) is 28.8. The summed E-state index contributed by atoms with van der Waals surface area (Å²) in [5, 5.41) is 7.03. The molecule has 0 atom stereocenters. The van der Waals surface area contributed by atoms with Crippen molar-refractivity contribution in [1.82, 2.24) is 5.43 Å². The third-order valence-electron chi connectivity index (χ3n) is 9.37. The fourth-order valence-corrected chi connectivity index (χ4v) is 7.75. The zero-order valence-electron chi connectivity index (χ0n) is 25.1. The number of amides is 2. The summed E-state index contributed by atoms with van der Waals surface area (Å²) in [6, 6.07) is 21.0. The van der Waals surface area contributed by atoms with Gasteiger partial charge in [-0.3, -0.25) is 9.59 Å². The number of methoxy groups -OCH3 is 1. The topological polar surface area (TPSA) is 92.3 Å². The third-order valence-corrected chi connectivity index (χ3v) is 9.37. The van der Waals surface area contributed by atoms with Gasteiger partial charge < -0.3 is 19.7 Å². The quantitative estimate of drug-likeness (QED) is 0.226. The minimum atomic E-state index is -0.305. The number of benzene rings is 3. The van der Waals surface area contributed by atoms with E-state index in [1.54, 1.807) is 30.3 Å². The second kappa shape index (κ2) is 12.1. The number of carbonyl (C=O) groups excluding carboxylic acids is 2. The molecule has 0 heterocycles. The number of ether oxygens (including phenoxy) is 2. The summed E-state index contributed by atoms with van der Waals surface area (Å²) in [5.41, 5.74) is 7.25. The monoisotopic (exact) mass is 580 g/mol. The van der Waals surface area contributed by atoms with Gasteiger partial charge in [-0.25, -0.2) is 5.43 Å². The molecule has 43 heavy (non-hydrogen) atoms. The van der Waals surface area contributed by atoms with Crippen LogP contribution in [0.5, 0.6) is 11.5 Å². The molecule has 3 aromatic rings. The number of hydrogen-bond donors (Lipinski definition) is 2. The van der Waals surface area contributed by atoms with Crippen LogP contribution in [-0.4, -0.2) is 45.8 Å². The molecule has 4 aliphatic carbocycles. The van der Waals surface area contributed by atoms with Crippen LogP contribution in [0.2, 0.25) is 0 Å². The number of carbonyl (C=O) groups is 2. The number of hydrogen-bond acceptors (Lipinski definition) is 6. The molecule has 224 valence electrons. The summed E-state index contributed by atoms with van der Waals surface area (Å²) >= 11 is 0. The smallest absolute Gasteiger partial charge is 0.271 e. The maximum Gasteiger partial charge on any atom is 0.271 e. The molecule has 8 heteroatoms. The molecule has 2 amide bonds. The van der Waals surface area contributed by atoms with E-state index in [2.05, 4.69) is 28.0 Å². The molecule has 8 nitrogen and oxygen atoms in total. The van der Waals surface area contributed by atoms with Crippen LogP contribution in [-0.2, 0) is 10.2 Å². The van der Waals surface area contributed by atoms with Crippen molar-refractivity contribution >= 4 is 29.4 Å². The lowest BCUT2D eigenvalue weighted by atomic mass is 9.48. The highest BCUT2D eigenvalue weighted by Crippen LogP contribution is 2.60. The Kier molecular flexibility index (Phi) is 8.10. The molecular weight excluding hydrogens is 540 g/mol. The predicted octanol–water partition coefficient (Wildman–Crippen LogP) is 6.01. The van der Waals surface area contributed by atoms with Crippen molar-refractivity contribution in [3.8, 4) is 11.5 Å². The molecule has 0 radical (unpaired) electrons. The molecule has 4 bridgehead atoms. The van der Waals surface area contributed by atoms with Crippen LogP contribution < -0.4 is 25.1 Å². The molecule has 7 rings (SSSR count). The SMILES string of the molecule is COc1cc(/C=N\NC(=O)c2cccc(N(C)C)c2)ccc1OCC(=O)Nc1ccc(C23CC4CC(CC(C4)C2)C3)cc1. The Bertz CT molecular complexity index is 1480. The first-order valence-corrected chi connectivity index (χ1v) is 15.1. The van der Waals surface area contributed by atoms with Crippen LogP contribution in [0.15, 0.2) is 71.8 Å². The molecule has 4 fully saturated rings. The molecule has 2 N–H and O–H groups in total. The Morgan fingerprint density at radius 1 is 0.930 bits per heavy atom. The highest BCUT2D eigenvalue weighted by Gasteiger charge is 2.51. The first-order chi connectivity index (χ1) is 20.8. The third kappa shape index (κ3) is 6.38. The highest BCUT2D eigenvalue weighted by molar-refractivity contribution is 5.96. The van der Waals surface area contributed by atoms with Gasteiger partial charge in [0.25, 0.3) is 11.8 Å². The van der Waals surface area contributed by atoms with E-state index < -0.39 is 0 Å². The van der Waals surface area contributed by atoms with Crippen molar-refractivity contribution < 1.29 is 19.1 Å². The number of nitrogens with one attached hydrogen (secondary N) is 2. The predicted molar refractivity (Wildman–Crippen MR) is 169 cm³/mol. The van der Waals surface area contributed by atoms with E-state index in [9.17, 15) is 9.59 Å². The van der Waals surface area contributed by atoms with Crippen molar-refractivity contribution in [3.63, 3.8) is 0 Å². The molecule has 0 unspecified atom stereocenters. The van der Waals surface area contributed by atoms with E-state index in [1.807, 2.05) is 43.3 Å². The van der Waals surface area contributed by atoms with Gasteiger partial charge >= 0.3 is 0 Å². The summed E-state index contributed by atoms with van der Waals surface area (Å²) in [5.74, 6) is 3.06. The van der Waals surface area contributed by atoms with E-state index in [4.69, 9.17) is 9.47 Å². The maximum absolute atomic E-state index is 12.7. The average Bonchev–Trinajstić information content (AvgIpc) is 3.00. The summed E-state index contributed by atoms with van der Waals surface area (Å²) in [4.78, 5) is 27.1. The van der Waals surface area contributed by atoms with Gasteiger partial charge in [-0.2, -0.15) is 5.10 Å². The lowest BCUT2D eigenvalue weighted by molar-refractivity contribution is -0.118. The van der Waals surface area contributed by atoms with Crippen LogP contribution in [0.4, 0.5) is 11.4 Å². The summed E-state index contributed by atoms with van der Waals surface area (Å²) in [7, 11) is 5.37. The first-order valence-electron chi connectivity index (χ1n) is 15.1. The largest absolute Gasteiger partial charge is 0.493 e. The van der Waals surface area contributed by atoms with Crippen LogP contribution in [0.3, 0.4) is 0 Å². The fourth-order valence-electron chi connectivity index (χ4n) is 7.75. The van der Waals surface area contributed by atoms with Crippen molar-refractivity contribution in [2.24, 2.45) is 22.9 Å². The van der Waals surface area contributed by atoms with Gasteiger partial charge in [0.2, 0.25) is 0 Å². The van der Waals surface area contributed by atoms with Crippen molar-refractivity contribution in [3.05, 3.63) is 83.4 Å². The Balaban J connectivity index is 1.01. The van der Waals surface area contributed by atoms with E-state index in [1.165, 1.54) is 57.4 Å². The molecular formula is C35H40N4O4. The molecule has 0 aromatic heterocycles. The maximum atomic E-state index is 12.7. The Morgan fingerprint density at radius 2 is 1.63 bits per heavy atom. The standard InChI is InChI=1S/C35H40N4O4/c1-39(2)30-6-4-5-27(17-30)34(41)38-36-21-23-7-12-31(32(16-23)42-3)43-22-33(40)37-29-10-8-28(9-11-29)35-18-24-13-25(19-35)15-26(14-24)20-35/h4-12,16-17,21,24-26H,13-15,18-20,22H2,1-3H3,(H,37,40)(H,38,41)/b36-21-. The lowest BCUT2D eigenvalue weighted by Gasteiger charge is -2.57. The minimum Gasteiger partial charge on any atom is -0.493 e. The Hall–Kier alpha value is -4.33. The van der Waals surface area contributed by atoms with Gasteiger partial charge in [0.1, 0.15) is 0 Å². The zero-order valence-corrected chi connectivity index (χ0v) is 25.1. The summed E-state index contributed by atoms with van der Waals surface area (Å²) in [6.07, 6.45) is 9.79. The van der Waals surface area contributed by atoms with E-state index in [0.29, 0.717) is 28.0 Å². The highest BCUT2D eigenvalue weighted by atomic mass is 16.5. The fraction of sp³-hybridized carbons (Fsp3) is 0.400. The molecule has 3 aromatic carbocycles. The van der Waals surface area contributed by atoms with Crippen molar-refractivity contribution in [1.29, 1.82) is 0 Å². The van der Waals surface area contributed by atoms with E-state index in [-0.39, 0.29) is 18.4 Å². The van der Waals surface area contributed by atoms with Crippen LogP contribution in [0.25, 0.3) is 0 Å². The zero-order chi connectivity index (χ0) is 30.0. The van der Waals surface area contributed by atoms with Gasteiger partial charge in [0.05, 0.1) is 13.3 Å². The van der Waals surface area contributed by atoms with Crippen molar-refractivity contribution in [2.45, 2.75) is 43.9 Å². The van der Waals surface area contributed by atoms with Gasteiger partial charge in [-0.1, -0.05) is 18.2 Å². The molecule has 0 saturated heterocycles.